The van der Waals surface area contributed by atoms with Crippen molar-refractivity contribution >= 4 is 17.5 Å². The number of rotatable bonds is 7. The lowest BCUT2D eigenvalue weighted by molar-refractivity contribution is 0.163. The van der Waals surface area contributed by atoms with Crippen molar-refractivity contribution in [3.8, 4) is 5.75 Å². The van der Waals surface area contributed by atoms with Gasteiger partial charge in [0.1, 0.15) is 5.75 Å². The second-order valence-corrected chi connectivity index (χ2v) is 7.36. The van der Waals surface area contributed by atoms with Gasteiger partial charge in [0, 0.05) is 30.9 Å². The van der Waals surface area contributed by atoms with Gasteiger partial charge in [-0.05, 0) is 53.4 Å². The second kappa shape index (κ2) is 9.35. The molecule has 0 fully saturated rings. The number of amides is 1. The summed E-state index contributed by atoms with van der Waals surface area (Å²) in [7, 11) is 1.64. The van der Waals surface area contributed by atoms with Crippen molar-refractivity contribution in [2.45, 2.75) is 19.4 Å². The van der Waals surface area contributed by atoms with Crippen molar-refractivity contribution in [3.63, 3.8) is 0 Å². The number of anilines is 2. The Balaban J connectivity index is 1.28. The van der Waals surface area contributed by atoms with Gasteiger partial charge >= 0.3 is 6.09 Å². The van der Waals surface area contributed by atoms with Gasteiger partial charge in [-0.1, -0.05) is 42.5 Å². The van der Waals surface area contributed by atoms with Crippen molar-refractivity contribution in [2.75, 3.05) is 30.5 Å². The topological polar surface area (TPSA) is 50.8 Å². The first-order chi connectivity index (χ1) is 14.7. The molecule has 3 aromatic carbocycles. The van der Waals surface area contributed by atoms with E-state index in [0.717, 1.165) is 36.5 Å². The van der Waals surface area contributed by atoms with Crippen LogP contribution in [0.15, 0.2) is 72.8 Å². The molecule has 1 heterocycles. The second-order valence-electron chi connectivity index (χ2n) is 7.36. The van der Waals surface area contributed by atoms with Crippen molar-refractivity contribution in [2.24, 2.45) is 0 Å². The van der Waals surface area contributed by atoms with E-state index in [1.807, 2.05) is 42.5 Å². The zero-order chi connectivity index (χ0) is 20.8. The average Bonchev–Trinajstić information content (AvgIpc) is 3.17. The Hall–Kier alpha value is -3.47. The molecule has 0 atom stereocenters. The molecule has 30 heavy (non-hydrogen) atoms. The Kier molecular flexibility index (Phi) is 6.18. The number of carbonyl (C=O) groups excluding carboxylic acids is 1. The molecule has 1 N–H and O–H groups in total. The van der Waals surface area contributed by atoms with Gasteiger partial charge in [-0.15, -0.1) is 0 Å². The molecular weight excluding hydrogens is 376 g/mol. The zero-order valence-electron chi connectivity index (χ0n) is 17.1. The van der Waals surface area contributed by atoms with Gasteiger partial charge in [-0.25, -0.2) is 4.79 Å². The molecule has 4 rings (SSSR count). The van der Waals surface area contributed by atoms with Crippen molar-refractivity contribution in [1.82, 2.24) is 0 Å². The number of fused-ring (bicyclic) bond motifs is 1. The van der Waals surface area contributed by atoms with E-state index in [0.29, 0.717) is 13.0 Å². The van der Waals surface area contributed by atoms with Crippen LogP contribution in [0, 0.1) is 0 Å². The highest BCUT2D eigenvalue weighted by Crippen LogP contribution is 2.31. The van der Waals surface area contributed by atoms with Crippen LogP contribution in [0.3, 0.4) is 0 Å². The molecule has 5 heteroatoms. The van der Waals surface area contributed by atoms with Crippen LogP contribution in [0.4, 0.5) is 16.2 Å². The van der Waals surface area contributed by atoms with Gasteiger partial charge in [-0.2, -0.15) is 0 Å². The summed E-state index contributed by atoms with van der Waals surface area (Å²) in [6.07, 6.45) is 1.21. The van der Waals surface area contributed by atoms with Crippen LogP contribution in [-0.4, -0.2) is 26.4 Å². The molecule has 0 saturated heterocycles. The lowest BCUT2D eigenvalue weighted by atomic mass is 10.1. The molecule has 0 bridgehead atoms. The van der Waals surface area contributed by atoms with Crippen LogP contribution >= 0.6 is 0 Å². The van der Waals surface area contributed by atoms with Crippen LogP contribution in [0.2, 0.25) is 0 Å². The third kappa shape index (κ3) is 4.92. The quantitative estimate of drug-likeness (QED) is 0.601. The summed E-state index contributed by atoms with van der Waals surface area (Å²) in [6.45, 7) is 2.21. The van der Waals surface area contributed by atoms with E-state index in [9.17, 15) is 4.79 Å². The maximum absolute atomic E-state index is 12.1. The Labute approximate surface area is 177 Å². The lowest BCUT2D eigenvalue weighted by Crippen LogP contribution is -2.19. The fraction of sp³-hybridized carbons (Fsp3) is 0.240. The molecule has 0 aromatic heterocycles. The van der Waals surface area contributed by atoms with Crippen LogP contribution in [0.1, 0.15) is 16.7 Å². The summed E-state index contributed by atoms with van der Waals surface area (Å²) in [5, 5.41) is 2.84. The van der Waals surface area contributed by atoms with E-state index in [1.54, 1.807) is 7.11 Å². The number of nitrogens with zero attached hydrogens (tertiary/aromatic N) is 1. The highest BCUT2D eigenvalue weighted by atomic mass is 16.5. The number of nitrogens with one attached hydrogen (secondary N) is 1. The van der Waals surface area contributed by atoms with Crippen LogP contribution in [0.25, 0.3) is 0 Å². The Bertz CT molecular complexity index is 987. The summed E-state index contributed by atoms with van der Waals surface area (Å²) < 4.78 is 10.5. The molecule has 154 valence electrons. The number of methoxy groups -OCH3 is 1. The summed E-state index contributed by atoms with van der Waals surface area (Å²) >= 11 is 0. The lowest BCUT2D eigenvalue weighted by Gasteiger charge is -2.19. The molecule has 0 radical (unpaired) electrons. The minimum atomic E-state index is -0.428. The van der Waals surface area contributed by atoms with Gasteiger partial charge in [-0.3, -0.25) is 5.32 Å². The van der Waals surface area contributed by atoms with Crippen molar-refractivity contribution < 1.29 is 14.3 Å². The molecule has 1 aliphatic heterocycles. The first kappa shape index (κ1) is 19.8. The van der Waals surface area contributed by atoms with Gasteiger partial charge in [0.15, 0.2) is 0 Å². The summed E-state index contributed by atoms with van der Waals surface area (Å²) in [5.41, 5.74) is 5.65. The Morgan fingerprint density at radius 1 is 1.00 bits per heavy atom. The van der Waals surface area contributed by atoms with E-state index < -0.39 is 6.09 Å². The summed E-state index contributed by atoms with van der Waals surface area (Å²) in [4.78, 5) is 14.5. The molecule has 0 saturated carbocycles. The Morgan fingerprint density at radius 2 is 1.80 bits per heavy atom. The standard InChI is InChI=1S/C25H26N2O3/c1-29-23-10-7-19(8-11-23)14-16-30-25(28)26-22-9-12-24-21(17-22)13-15-27(24)18-20-5-3-2-4-6-20/h2-12,17H,13-16,18H2,1H3,(H,26,28). The number of carbonyl (C=O) groups is 1. The molecule has 5 nitrogen and oxygen atoms in total. The van der Waals surface area contributed by atoms with E-state index in [-0.39, 0.29) is 0 Å². The fourth-order valence-electron chi connectivity index (χ4n) is 3.72. The van der Waals surface area contributed by atoms with Gasteiger partial charge in [0.05, 0.1) is 13.7 Å². The van der Waals surface area contributed by atoms with E-state index in [2.05, 4.69) is 40.5 Å². The predicted octanol–water partition coefficient (Wildman–Crippen LogP) is 5.05. The molecule has 0 aliphatic carbocycles. The molecule has 3 aromatic rings. The van der Waals surface area contributed by atoms with Crippen LogP contribution in [-0.2, 0) is 24.1 Å². The fourth-order valence-corrected chi connectivity index (χ4v) is 3.72. The van der Waals surface area contributed by atoms with Gasteiger partial charge < -0.3 is 14.4 Å². The minimum Gasteiger partial charge on any atom is -0.497 e. The first-order valence-electron chi connectivity index (χ1n) is 10.2. The van der Waals surface area contributed by atoms with Crippen LogP contribution in [0.5, 0.6) is 5.75 Å². The molecular formula is C25H26N2O3. The number of benzene rings is 3. The molecule has 1 aliphatic rings. The average molecular weight is 402 g/mol. The minimum absolute atomic E-state index is 0.327. The van der Waals surface area contributed by atoms with E-state index in [4.69, 9.17) is 9.47 Å². The third-order valence-electron chi connectivity index (χ3n) is 5.32. The van der Waals surface area contributed by atoms with Gasteiger partial charge in [0.25, 0.3) is 0 Å². The third-order valence-corrected chi connectivity index (χ3v) is 5.32. The number of hydrogen-bond acceptors (Lipinski definition) is 4. The van der Waals surface area contributed by atoms with Crippen molar-refractivity contribution in [3.05, 3.63) is 89.5 Å². The van der Waals surface area contributed by atoms with Crippen LogP contribution < -0.4 is 15.0 Å². The first-order valence-corrected chi connectivity index (χ1v) is 10.2. The normalized spacial score (nSPS) is 12.4. The SMILES string of the molecule is COc1ccc(CCOC(=O)Nc2ccc3c(c2)CCN3Cc2ccccc2)cc1. The largest absolute Gasteiger partial charge is 0.497 e. The van der Waals surface area contributed by atoms with Crippen molar-refractivity contribution in [1.29, 1.82) is 0 Å². The monoisotopic (exact) mass is 402 g/mol. The highest BCUT2D eigenvalue weighted by molar-refractivity contribution is 5.85. The number of hydrogen-bond donors (Lipinski definition) is 1. The van der Waals surface area contributed by atoms with Gasteiger partial charge in [0.2, 0.25) is 0 Å². The summed E-state index contributed by atoms with van der Waals surface area (Å²) in [6, 6.07) is 24.3. The van der Waals surface area contributed by atoms with E-state index in [1.165, 1.54) is 16.8 Å². The van der Waals surface area contributed by atoms with E-state index >= 15 is 0 Å². The predicted molar refractivity (Wildman–Crippen MR) is 119 cm³/mol. The smallest absolute Gasteiger partial charge is 0.411 e. The maximum atomic E-state index is 12.1. The zero-order valence-corrected chi connectivity index (χ0v) is 17.1. The molecule has 0 spiro atoms. The molecule has 0 unspecified atom stereocenters. The molecule has 1 amide bonds. The highest BCUT2D eigenvalue weighted by Gasteiger charge is 2.19. The maximum Gasteiger partial charge on any atom is 0.411 e. The summed E-state index contributed by atoms with van der Waals surface area (Å²) in [5.74, 6) is 0.816. The Morgan fingerprint density at radius 3 is 2.57 bits per heavy atom. The number of ether oxygens (including phenoxy) is 2.